The second-order valence-electron chi connectivity index (χ2n) is 5.85. The maximum Gasteiger partial charge on any atom is 0.472 e. The molecule has 3 unspecified atom stereocenters. The Morgan fingerprint density at radius 3 is 1.91 bits per heavy atom. The van der Waals surface area contributed by atoms with Gasteiger partial charge in [0.15, 0.2) is 0 Å². The molecule has 0 aliphatic carbocycles. The quantitative estimate of drug-likeness (QED) is 0.266. The fourth-order valence-corrected chi connectivity index (χ4v) is 3.10. The van der Waals surface area contributed by atoms with Gasteiger partial charge in [-0.05, 0) is 31.1 Å². The van der Waals surface area contributed by atoms with E-state index >= 15 is 0 Å². The normalized spacial score (nSPS) is 16.9. The molecule has 6 heteroatoms. The summed E-state index contributed by atoms with van der Waals surface area (Å²) in [6, 6.07) is 0. The van der Waals surface area contributed by atoms with E-state index in [0.717, 1.165) is 51.2 Å². The highest BCUT2D eigenvalue weighted by Gasteiger charge is 2.24. The first-order chi connectivity index (χ1) is 10.5. The van der Waals surface area contributed by atoms with Gasteiger partial charge in [-0.15, -0.1) is 0 Å². The average molecular weight is 336 g/mol. The third-order valence-corrected chi connectivity index (χ3v) is 4.95. The SMILES string of the molecule is CCCCC(CC)COP(=O)(O)OCC(CC)CCCC=O. The van der Waals surface area contributed by atoms with Crippen LogP contribution in [0.2, 0.25) is 0 Å². The van der Waals surface area contributed by atoms with Crippen LogP contribution in [-0.2, 0) is 18.4 Å². The first-order valence-corrected chi connectivity index (χ1v) is 10.0. The zero-order valence-corrected chi connectivity index (χ0v) is 15.2. The molecule has 0 saturated heterocycles. The van der Waals surface area contributed by atoms with Gasteiger partial charge in [0.1, 0.15) is 6.29 Å². The van der Waals surface area contributed by atoms with E-state index in [1.165, 1.54) is 0 Å². The molecule has 0 aromatic heterocycles. The molecule has 0 rings (SSSR count). The first-order valence-electron chi connectivity index (χ1n) is 8.54. The predicted octanol–water partition coefficient (Wildman–Crippen LogP) is 4.73. The number of unbranched alkanes of at least 4 members (excludes halogenated alkanes) is 2. The van der Waals surface area contributed by atoms with Gasteiger partial charge in [0.25, 0.3) is 0 Å². The Hall–Kier alpha value is -0.220. The summed E-state index contributed by atoms with van der Waals surface area (Å²) >= 11 is 0. The number of phosphoric acid groups is 1. The highest BCUT2D eigenvalue weighted by atomic mass is 31.2. The van der Waals surface area contributed by atoms with Crippen LogP contribution in [-0.4, -0.2) is 24.4 Å². The van der Waals surface area contributed by atoms with Crippen molar-refractivity contribution in [1.29, 1.82) is 0 Å². The molecule has 0 aromatic rings. The van der Waals surface area contributed by atoms with E-state index in [0.29, 0.717) is 12.3 Å². The van der Waals surface area contributed by atoms with Crippen molar-refractivity contribution in [3.63, 3.8) is 0 Å². The third kappa shape index (κ3) is 11.4. The standard InChI is InChI=1S/C16H33O5P/c1-4-7-10-15(5-2)13-20-22(18,19)21-14-16(6-3)11-8-9-12-17/h12,15-16H,4-11,13-14H2,1-3H3,(H,18,19). The lowest BCUT2D eigenvalue weighted by Gasteiger charge is -2.20. The van der Waals surface area contributed by atoms with E-state index in [4.69, 9.17) is 9.05 Å². The van der Waals surface area contributed by atoms with Gasteiger partial charge in [0.2, 0.25) is 0 Å². The molecule has 0 amide bonds. The molecule has 0 aliphatic rings. The van der Waals surface area contributed by atoms with Crippen molar-refractivity contribution < 1.29 is 23.3 Å². The summed E-state index contributed by atoms with van der Waals surface area (Å²) in [6.45, 7) is 6.67. The van der Waals surface area contributed by atoms with Gasteiger partial charge >= 0.3 is 7.82 Å². The van der Waals surface area contributed by atoms with Crippen LogP contribution in [0.1, 0.15) is 72.1 Å². The summed E-state index contributed by atoms with van der Waals surface area (Å²) in [6.07, 6.45) is 8.05. The molecule has 0 radical (unpaired) electrons. The lowest BCUT2D eigenvalue weighted by Crippen LogP contribution is -2.12. The molecular weight excluding hydrogens is 303 g/mol. The van der Waals surface area contributed by atoms with E-state index < -0.39 is 7.82 Å². The molecule has 0 aromatic carbocycles. The van der Waals surface area contributed by atoms with Gasteiger partial charge in [0, 0.05) is 6.42 Å². The summed E-state index contributed by atoms with van der Waals surface area (Å²) in [4.78, 5) is 20.1. The summed E-state index contributed by atoms with van der Waals surface area (Å²) in [5, 5.41) is 0. The van der Waals surface area contributed by atoms with Crippen LogP contribution < -0.4 is 0 Å². The summed E-state index contributed by atoms with van der Waals surface area (Å²) in [5.74, 6) is 0.490. The molecule has 0 fully saturated rings. The first kappa shape index (κ1) is 21.8. The average Bonchev–Trinajstić information content (AvgIpc) is 2.51. The predicted molar refractivity (Wildman–Crippen MR) is 88.7 cm³/mol. The van der Waals surface area contributed by atoms with Gasteiger partial charge in [-0.1, -0.05) is 46.5 Å². The minimum absolute atomic E-state index is 0.186. The Bertz CT molecular complexity index is 322. The minimum atomic E-state index is -3.97. The van der Waals surface area contributed by atoms with Crippen LogP contribution in [0.15, 0.2) is 0 Å². The van der Waals surface area contributed by atoms with Crippen molar-refractivity contribution in [3.05, 3.63) is 0 Å². The van der Waals surface area contributed by atoms with E-state index in [9.17, 15) is 14.3 Å². The summed E-state index contributed by atoms with van der Waals surface area (Å²) < 4.78 is 22.2. The van der Waals surface area contributed by atoms with E-state index in [1.54, 1.807) is 0 Å². The van der Waals surface area contributed by atoms with Gasteiger partial charge in [-0.25, -0.2) is 4.57 Å². The monoisotopic (exact) mass is 336 g/mol. The Kier molecular flexibility index (Phi) is 13.1. The third-order valence-electron chi connectivity index (χ3n) is 4.00. The number of rotatable bonds is 15. The van der Waals surface area contributed by atoms with Crippen LogP contribution in [0.5, 0.6) is 0 Å². The summed E-state index contributed by atoms with van der Waals surface area (Å²) in [7, 11) is -3.97. The highest BCUT2D eigenvalue weighted by Crippen LogP contribution is 2.44. The van der Waals surface area contributed by atoms with Gasteiger partial charge in [-0.3, -0.25) is 9.05 Å². The Morgan fingerprint density at radius 2 is 1.50 bits per heavy atom. The van der Waals surface area contributed by atoms with E-state index in [1.807, 2.05) is 6.92 Å². The van der Waals surface area contributed by atoms with Crippen molar-refractivity contribution in [1.82, 2.24) is 0 Å². The second-order valence-corrected chi connectivity index (χ2v) is 7.30. The lowest BCUT2D eigenvalue weighted by molar-refractivity contribution is -0.108. The number of hydrogen-bond donors (Lipinski definition) is 1. The number of aldehydes is 1. The van der Waals surface area contributed by atoms with Crippen LogP contribution in [0, 0.1) is 11.8 Å². The summed E-state index contributed by atoms with van der Waals surface area (Å²) in [5.41, 5.74) is 0. The zero-order chi connectivity index (χ0) is 16.8. The molecule has 0 heterocycles. The van der Waals surface area contributed by atoms with Crippen molar-refractivity contribution >= 4 is 14.1 Å². The van der Waals surface area contributed by atoms with Crippen LogP contribution in [0.4, 0.5) is 0 Å². The molecule has 5 nitrogen and oxygen atoms in total. The van der Waals surface area contributed by atoms with Crippen molar-refractivity contribution in [2.75, 3.05) is 13.2 Å². The van der Waals surface area contributed by atoms with Crippen molar-refractivity contribution in [2.24, 2.45) is 11.8 Å². The smallest absolute Gasteiger partial charge is 0.303 e. The van der Waals surface area contributed by atoms with Gasteiger partial charge in [-0.2, -0.15) is 0 Å². The van der Waals surface area contributed by atoms with Crippen LogP contribution in [0.3, 0.4) is 0 Å². The maximum absolute atomic E-state index is 11.9. The van der Waals surface area contributed by atoms with Crippen molar-refractivity contribution in [3.8, 4) is 0 Å². The topological polar surface area (TPSA) is 72.8 Å². The number of phosphoric ester groups is 1. The lowest BCUT2D eigenvalue weighted by atomic mass is 10.0. The molecule has 3 atom stereocenters. The zero-order valence-electron chi connectivity index (χ0n) is 14.3. The minimum Gasteiger partial charge on any atom is -0.303 e. The van der Waals surface area contributed by atoms with E-state index in [-0.39, 0.29) is 19.1 Å². The number of carbonyl (C=O) groups is 1. The molecule has 132 valence electrons. The Balaban J connectivity index is 4.09. The van der Waals surface area contributed by atoms with Crippen LogP contribution >= 0.6 is 7.82 Å². The largest absolute Gasteiger partial charge is 0.472 e. The molecule has 0 bridgehead atoms. The number of carbonyl (C=O) groups excluding carboxylic acids is 1. The van der Waals surface area contributed by atoms with E-state index in [2.05, 4.69) is 13.8 Å². The Labute approximate surface area is 135 Å². The van der Waals surface area contributed by atoms with Gasteiger partial charge in [0.05, 0.1) is 13.2 Å². The fraction of sp³-hybridized carbons (Fsp3) is 0.938. The molecule has 1 N–H and O–H groups in total. The molecule has 22 heavy (non-hydrogen) atoms. The number of hydrogen-bond acceptors (Lipinski definition) is 4. The maximum atomic E-state index is 11.9. The highest BCUT2D eigenvalue weighted by molar-refractivity contribution is 7.47. The van der Waals surface area contributed by atoms with Crippen LogP contribution in [0.25, 0.3) is 0 Å². The molecule has 0 spiro atoms. The van der Waals surface area contributed by atoms with Gasteiger partial charge < -0.3 is 9.69 Å². The molecule has 0 aliphatic heterocycles. The Morgan fingerprint density at radius 1 is 1.00 bits per heavy atom. The molecule has 0 saturated carbocycles. The van der Waals surface area contributed by atoms with Crippen molar-refractivity contribution in [2.45, 2.75) is 72.1 Å². The molecular formula is C16H33O5P. The fourth-order valence-electron chi connectivity index (χ4n) is 2.23. The second kappa shape index (κ2) is 13.2.